The summed E-state index contributed by atoms with van der Waals surface area (Å²) in [5.41, 5.74) is 0.907. The van der Waals surface area contributed by atoms with Crippen molar-refractivity contribution in [2.24, 2.45) is 0 Å². The van der Waals surface area contributed by atoms with Crippen molar-refractivity contribution in [3.8, 4) is 11.5 Å². The van der Waals surface area contributed by atoms with Gasteiger partial charge in [-0.15, -0.1) is 0 Å². The van der Waals surface area contributed by atoms with Crippen molar-refractivity contribution in [2.75, 3.05) is 19.8 Å². The van der Waals surface area contributed by atoms with Crippen LogP contribution in [0.2, 0.25) is 5.02 Å². The third kappa shape index (κ3) is 5.12. The maximum atomic E-state index is 12.2. The molecule has 1 N–H and O–H groups in total. The molecule has 0 aliphatic carbocycles. The van der Waals surface area contributed by atoms with Crippen molar-refractivity contribution >= 4 is 21.6 Å². The molecule has 130 valence electrons. The Morgan fingerprint density at radius 2 is 1.71 bits per heavy atom. The zero-order chi connectivity index (χ0) is 17.6. The number of nitrogens with one attached hydrogen (secondary N) is 1. The summed E-state index contributed by atoms with van der Waals surface area (Å²) in [6.07, 6.45) is 0. The first-order chi connectivity index (χ1) is 11.4. The minimum atomic E-state index is -3.57. The highest BCUT2D eigenvalue weighted by molar-refractivity contribution is 7.89. The van der Waals surface area contributed by atoms with Crippen LogP contribution in [0, 0.1) is 6.92 Å². The molecule has 2 rings (SSSR count). The Balaban J connectivity index is 1.87. The van der Waals surface area contributed by atoms with Crippen molar-refractivity contribution in [3.63, 3.8) is 0 Å². The lowest BCUT2D eigenvalue weighted by Crippen LogP contribution is -2.28. The summed E-state index contributed by atoms with van der Waals surface area (Å²) in [6.45, 7) is 4.67. The fourth-order valence-corrected chi connectivity index (χ4v) is 3.15. The number of benzene rings is 2. The van der Waals surface area contributed by atoms with Crippen molar-refractivity contribution in [1.82, 2.24) is 4.72 Å². The molecule has 0 aliphatic heterocycles. The number of halogens is 1. The van der Waals surface area contributed by atoms with Crippen LogP contribution in [0.1, 0.15) is 12.5 Å². The molecule has 0 amide bonds. The second-order valence-electron chi connectivity index (χ2n) is 5.06. The van der Waals surface area contributed by atoms with E-state index in [9.17, 15) is 8.42 Å². The molecular weight excluding hydrogens is 350 g/mol. The van der Waals surface area contributed by atoms with Crippen LogP contribution in [0.4, 0.5) is 0 Å². The minimum absolute atomic E-state index is 0.164. The molecule has 7 heteroatoms. The second-order valence-corrected chi connectivity index (χ2v) is 7.24. The molecule has 0 saturated heterocycles. The highest BCUT2D eigenvalue weighted by Gasteiger charge is 2.13. The SMILES string of the molecule is CCOc1ccc(S(=O)(=O)NCCOc2ccc(Cl)c(C)c2)cc1. The van der Waals surface area contributed by atoms with Crippen molar-refractivity contribution in [2.45, 2.75) is 18.7 Å². The van der Waals surface area contributed by atoms with Crippen LogP contribution in [0.25, 0.3) is 0 Å². The maximum Gasteiger partial charge on any atom is 0.240 e. The fourth-order valence-electron chi connectivity index (χ4n) is 2.02. The molecule has 0 heterocycles. The molecule has 0 fully saturated rings. The van der Waals surface area contributed by atoms with Crippen LogP contribution >= 0.6 is 11.6 Å². The molecule has 0 radical (unpaired) electrons. The first kappa shape index (κ1) is 18.6. The first-order valence-electron chi connectivity index (χ1n) is 7.54. The van der Waals surface area contributed by atoms with Gasteiger partial charge in [-0.3, -0.25) is 0 Å². The highest BCUT2D eigenvalue weighted by atomic mass is 35.5. The zero-order valence-corrected chi connectivity index (χ0v) is 15.2. The van der Waals surface area contributed by atoms with E-state index in [4.69, 9.17) is 21.1 Å². The van der Waals surface area contributed by atoms with E-state index in [1.807, 2.05) is 19.9 Å². The van der Waals surface area contributed by atoms with Gasteiger partial charge in [0, 0.05) is 11.6 Å². The lowest BCUT2D eigenvalue weighted by atomic mass is 10.2. The molecule has 24 heavy (non-hydrogen) atoms. The number of hydrogen-bond donors (Lipinski definition) is 1. The predicted molar refractivity (Wildman–Crippen MR) is 94.5 cm³/mol. The van der Waals surface area contributed by atoms with E-state index in [-0.39, 0.29) is 18.0 Å². The molecule has 2 aromatic carbocycles. The summed E-state index contributed by atoms with van der Waals surface area (Å²) in [4.78, 5) is 0.188. The molecule has 0 atom stereocenters. The summed E-state index contributed by atoms with van der Waals surface area (Å²) < 4.78 is 37.7. The van der Waals surface area contributed by atoms with Gasteiger partial charge in [0.2, 0.25) is 10.0 Å². The number of aryl methyl sites for hydroxylation is 1. The smallest absolute Gasteiger partial charge is 0.240 e. The zero-order valence-electron chi connectivity index (χ0n) is 13.6. The molecule has 0 unspecified atom stereocenters. The summed E-state index contributed by atoms with van der Waals surface area (Å²) in [6, 6.07) is 11.6. The Morgan fingerprint density at radius 3 is 2.33 bits per heavy atom. The van der Waals surface area contributed by atoms with Crippen molar-refractivity contribution in [1.29, 1.82) is 0 Å². The average Bonchev–Trinajstić information content (AvgIpc) is 2.56. The van der Waals surface area contributed by atoms with Gasteiger partial charge in [0.05, 0.1) is 11.5 Å². The minimum Gasteiger partial charge on any atom is -0.494 e. The number of sulfonamides is 1. The first-order valence-corrected chi connectivity index (χ1v) is 9.40. The molecule has 2 aromatic rings. The monoisotopic (exact) mass is 369 g/mol. The van der Waals surface area contributed by atoms with Crippen LogP contribution in [-0.4, -0.2) is 28.2 Å². The Bertz CT molecular complexity index is 776. The highest BCUT2D eigenvalue weighted by Crippen LogP contribution is 2.21. The van der Waals surface area contributed by atoms with Gasteiger partial charge in [-0.1, -0.05) is 11.6 Å². The van der Waals surface area contributed by atoms with Crippen LogP contribution in [0.5, 0.6) is 11.5 Å². The molecule has 0 saturated carbocycles. The fraction of sp³-hybridized carbons (Fsp3) is 0.294. The Labute approximate surface area is 147 Å². The normalized spacial score (nSPS) is 11.3. The predicted octanol–water partition coefficient (Wildman–Crippen LogP) is 3.40. The summed E-state index contributed by atoms with van der Waals surface area (Å²) in [5.74, 6) is 1.29. The molecule has 0 aromatic heterocycles. The van der Waals surface area contributed by atoms with Crippen molar-refractivity contribution < 1.29 is 17.9 Å². The Kier molecular flexibility index (Phi) is 6.48. The van der Waals surface area contributed by atoms with E-state index < -0.39 is 10.0 Å². The molecule has 0 spiro atoms. The average molecular weight is 370 g/mol. The van der Waals surface area contributed by atoms with E-state index in [0.29, 0.717) is 23.1 Å². The van der Waals surface area contributed by atoms with E-state index in [0.717, 1.165) is 5.56 Å². The standard InChI is InChI=1S/C17H20ClNO4S/c1-3-22-14-4-7-16(8-5-14)24(20,21)19-10-11-23-15-6-9-17(18)13(2)12-15/h4-9,12,19H,3,10-11H2,1-2H3. The van der Waals surface area contributed by atoms with Crippen LogP contribution < -0.4 is 14.2 Å². The van der Waals surface area contributed by atoms with E-state index >= 15 is 0 Å². The molecule has 0 aliphatic rings. The van der Waals surface area contributed by atoms with E-state index in [2.05, 4.69) is 4.72 Å². The van der Waals surface area contributed by atoms with Gasteiger partial charge in [-0.25, -0.2) is 13.1 Å². The van der Waals surface area contributed by atoms with Crippen LogP contribution in [-0.2, 0) is 10.0 Å². The second kappa shape index (κ2) is 8.37. The summed E-state index contributed by atoms with van der Waals surface area (Å²) >= 11 is 5.94. The van der Waals surface area contributed by atoms with Gasteiger partial charge in [0.25, 0.3) is 0 Å². The summed E-state index contributed by atoms with van der Waals surface area (Å²) in [7, 11) is -3.57. The third-order valence-corrected chi connectivity index (χ3v) is 5.14. The maximum absolute atomic E-state index is 12.2. The molecular formula is C17H20ClNO4S. The van der Waals surface area contributed by atoms with E-state index in [1.54, 1.807) is 24.3 Å². The van der Waals surface area contributed by atoms with Gasteiger partial charge in [-0.2, -0.15) is 0 Å². The third-order valence-electron chi connectivity index (χ3n) is 3.24. The van der Waals surface area contributed by atoms with E-state index in [1.165, 1.54) is 12.1 Å². The van der Waals surface area contributed by atoms with Gasteiger partial charge < -0.3 is 9.47 Å². The number of rotatable bonds is 8. The number of hydrogen-bond acceptors (Lipinski definition) is 4. The van der Waals surface area contributed by atoms with Crippen molar-refractivity contribution in [3.05, 3.63) is 53.1 Å². The lowest BCUT2D eigenvalue weighted by molar-refractivity contribution is 0.322. The molecule has 5 nitrogen and oxygen atoms in total. The lowest BCUT2D eigenvalue weighted by Gasteiger charge is -2.10. The topological polar surface area (TPSA) is 64.6 Å². The molecule has 0 bridgehead atoms. The van der Waals surface area contributed by atoms with Gasteiger partial charge >= 0.3 is 0 Å². The largest absolute Gasteiger partial charge is 0.494 e. The van der Waals surface area contributed by atoms with Gasteiger partial charge in [0.1, 0.15) is 18.1 Å². The van der Waals surface area contributed by atoms with Gasteiger partial charge in [-0.05, 0) is 61.9 Å². The Hall–Kier alpha value is -1.76. The van der Waals surface area contributed by atoms with Gasteiger partial charge in [0.15, 0.2) is 0 Å². The Morgan fingerprint density at radius 1 is 1.04 bits per heavy atom. The number of ether oxygens (including phenoxy) is 2. The van der Waals surface area contributed by atoms with Crippen LogP contribution in [0.3, 0.4) is 0 Å². The quantitative estimate of drug-likeness (QED) is 0.724. The summed E-state index contributed by atoms with van der Waals surface area (Å²) in [5, 5.41) is 0.665. The van der Waals surface area contributed by atoms with Crippen LogP contribution in [0.15, 0.2) is 47.4 Å².